The molecule has 0 N–H and O–H groups in total. The molecule has 1 rings (SSSR count). The van der Waals surface area contributed by atoms with Gasteiger partial charge in [-0.2, -0.15) is 0 Å². The predicted octanol–water partition coefficient (Wildman–Crippen LogP) is 8.46. The van der Waals surface area contributed by atoms with Gasteiger partial charge in [-0.25, -0.2) is 0 Å². The highest BCUT2D eigenvalue weighted by atomic mass is 15.3. The van der Waals surface area contributed by atoms with Crippen molar-refractivity contribution in [2.75, 3.05) is 47.8 Å². The summed E-state index contributed by atoms with van der Waals surface area (Å²) < 4.78 is 2.28. The third kappa shape index (κ3) is 16.2. The van der Waals surface area contributed by atoms with Crippen molar-refractivity contribution in [2.24, 2.45) is 0 Å². The molecule has 0 radical (unpaired) electrons. The molecule has 0 heterocycles. The SMILES string of the molecule is C=Cc1ccc(C[N+](C)(C)CCCCCC[N+](C)(C)CCCCCCCCCCCC)cc1. The molecule has 0 saturated carbocycles. The Labute approximate surface area is 208 Å². The van der Waals surface area contributed by atoms with Crippen LogP contribution in [-0.2, 0) is 6.54 Å². The molecule has 0 fully saturated rings. The fourth-order valence-electron chi connectivity index (χ4n) is 4.90. The van der Waals surface area contributed by atoms with Crippen molar-refractivity contribution in [3.05, 3.63) is 42.0 Å². The number of hydrogen-bond acceptors (Lipinski definition) is 0. The van der Waals surface area contributed by atoms with E-state index in [0.717, 1.165) is 11.0 Å². The molecular weight excluding hydrogens is 400 g/mol. The standard InChI is InChI=1S/C31H58N2/c1-7-9-10-11-12-13-14-15-16-19-26-32(3,4)27-20-17-18-21-28-33(5,6)29-31-24-22-30(8-2)23-25-31/h8,22-25H,2,7,9-21,26-29H2,1,3-6H3/q+2. The summed E-state index contributed by atoms with van der Waals surface area (Å²) in [5.41, 5.74) is 2.63. The number of hydrogen-bond donors (Lipinski definition) is 0. The van der Waals surface area contributed by atoms with Gasteiger partial charge in [0.05, 0.1) is 47.8 Å². The van der Waals surface area contributed by atoms with Crippen LogP contribution in [0.4, 0.5) is 0 Å². The molecule has 33 heavy (non-hydrogen) atoms. The van der Waals surface area contributed by atoms with Gasteiger partial charge in [0.1, 0.15) is 6.54 Å². The van der Waals surface area contributed by atoms with E-state index in [1.54, 1.807) is 0 Å². The molecule has 1 aromatic rings. The lowest BCUT2D eigenvalue weighted by Gasteiger charge is -2.31. The highest BCUT2D eigenvalue weighted by molar-refractivity contribution is 5.47. The van der Waals surface area contributed by atoms with E-state index in [2.05, 4.69) is 66.0 Å². The first-order chi connectivity index (χ1) is 15.8. The molecular formula is C31H58N2+2. The third-order valence-electron chi connectivity index (χ3n) is 7.22. The Morgan fingerprint density at radius 2 is 0.970 bits per heavy atom. The zero-order valence-corrected chi connectivity index (χ0v) is 23.2. The smallest absolute Gasteiger partial charge is 0.104 e. The normalized spacial score (nSPS) is 12.3. The van der Waals surface area contributed by atoms with Crippen molar-refractivity contribution in [2.45, 2.75) is 103 Å². The highest BCUT2D eigenvalue weighted by Gasteiger charge is 2.16. The zero-order valence-electron chi connectivity index (χ0n) is 23.2. The average molecular weight is 459 g/mol. The Hall–Kier alpha value is -1.12. The summed E-state index contributed by atoms with van der Waals surface area (Å²) >= 11 is 0. The van der Waals surface area contributed by atoms with E-state index in [1.807, 2.05) is 6.08 Å². The van der Waals surface area contributed by atoms with Crippen LogP contribution in [0.1, 0.15) is 108 Å². The first-order valence-electron chi connectivity index (χ1n) is 14.1. The molecule has 0 aromatic heterocycles. The van der Waals surface area contributed by atoms with Crippen LogP contribution in [0, 0.1) is 0 Å². The van der Waals surface area contributed by atoms with Gasteiger partial charge in [0.25, 0.3) is 0 Å². The van der Waals surface area contributed by atoms with Gasteiger partial charge < -0.3 is 8.97 Å². The second-order valence-corrected chi connectivity index (χ2v) is 11.7. The molecule has 2 heteroatoms. The number of benzene rings is 1. The van der Waals surface area contributed by atoms with E-state index in [1.165, 1.54) is 125 Å². The van der Waals surface area contributed by atoms with Crippen LogP contribution in [-0.4, -0.2) is 56.8 Å². The summed E-state index contributed by atoms with van der Waals surface area (Å²) in [7, 11) is 9.61. The van der Waals surface area contributed by atoms with E-state index in [4.69, 9.17) is 0 Å². The molecule has 1 aromatic carbocycles. The first kappa shape index (κ1) is 29.9. The van der Waals surface area contributed by atoms with Crippen molar-refractivity contribution in [1.82, 2.24) is 0 Å². The van der Waals surface area contributed by atoms with Crippen LogP contribution in [0.25, 0.3) is 6.08 Å². The molecule has 0 aliphatic heterocycles. The molecule has 0 aliphatic rings. The lowest BCUT2D eigenvalue weighted by molar-refractivity contribution is -0.903. The summed E-state index contributed by atoms with van der Waals surface area (Å²) in [6.07, 6.45) is 21.7. The minimum absolute atomic E-state index is 1.08. The lowest BCUT2D eigenvalue weighted by Crippen LogP contribution is -2.41. The summed E-state index contributed by atoms with van der Waals surface area (Å²) in [4.78, 5) is 0. The third-order valence-corrected chi connectivity index (χ3v) is 7.22. The maximum absolute atomic E-state index is 3.85. The van der Waals surface area contributed by atoms with Gasteiger partial charge >= 0.3 is 0 Å². The van der Waals surface area contributed by atoms with Crippen molar-refractivity contribution < 1.29 is 8.97 Å². The second kappa shape index (κ2) is 17.3. The van der Waals surface area contributed by atoms with Crippen LogP contribution in [0.5, 0.6) is 0 Å². The van der Waals surface area contributed by atoms with E-state index in [9.17, 15) is 0 Å². The molecule has 0 amide bonds. The van der Waals surface area contributed by atoms with E-state index in [-0.39, 0.29) is 0 Å². The van der Waals surface area contributed by atoms with Gasteiger partial charge in [0.2, 0.25) is 0 Å². The van der Waals surface area contributed by atoms with Gasteiger partial charge in [0, 0.05) is 5.56 Å². The number of quaternary nitrogens is 2. The maximum atomic E-state index is 3.85. The molecule has 190 valence electrons. The fraction of sp³-hybridized carbons (Fsp3) is 0.742. The Morgan fingerprint density at radius 1 is 0.576 bits per heavy atom. The Bertz CT molecular complexity index is 600. The minimum atomic E-state index is 1.08. The van der Waals surface area contributed by atoms with Crippen LogP contribution in [0.3, 0.4) is 0 Å². The Balaban J connectivity index is 2.03. The molecule has 0 atom stereocenters. The maximum Gasteiger partial charge on any atom is 0.104 e. The van der Waals surface area contributed by atoms with Crippen LogP contribution >= 0.6 is 0 Å². The molecule has 0 bridgehead atoms. The predicted molar refractivity (Wildman–Crippen MR) is 149 cm³/mol. The number of unbranched alkanes of at least 4 members (excludes halogenated alkanes) is 12. The average Bonchev–Trinajstić information content (AvgIpc) is 2.77. The topological polar surface area (TPSA) is 0 Å². The first-order valence-corrected chi connectivity index (χ1v) is 14.1. The summed E-state index contributed by atoms with van der Waals surface area (Å²) in [5, 5.41) is 0. The van der Waals surface area contributed by atoms with Crippen molar-refractivity contribution >= 4 is 6.08 Å². The highest BCUT2D eigenvalue weighted by Crippen LogP contribution is 2.15. The van der Waals surface area contributed by atoms with Crippen molar-refractivity contribution in [3.8, 4) is 0 Å². The van der Waals surface area contributed by atoms with Gasteiger partial charge in [-0.15, -0.1) is 0 Å². The van der Waals surface area contributed by atoms with Crippen molar-refractivity contribution in [1.29, 1.82) is 0 Å². The fourth-order valence-corrected chi connectivity index (χ4v) is 4.90. The zero-order chi connectivity index (χ0) is 24.4. The molecule has 0 aliphatic carbocycles. The molecule has 0 saturated heterocycles. The monoisotopic (exact) mass is 458 g/mol. The summed E-state index contributed by atoms with van der Waals surface area (Å²) in [5.74, 6) is 0. The number of nitrogens with zero attached hydrogens (tertiary/aromatic N) is 2. The van der Waals surface area contributed by atoms with Gasteiger partial charge in [-0.3, -0.25) is 0 Å². The summed E-state index contributed by atoms with van der Waals surface area (Å²) in [6, 6.07) is 8.87. The van der Waals surface area contributed by atoms with Crippen molar-refractivity contribution in [3.63, 3.8) is 0 Å². The number of rotatable bonds is 21. The van der Waals surface area contributed by atoms with Crippen LogP contribution in [0.2, 0.25) is 0 Å². The molecule has 0 spiro atoms. The Kier molecular flexibility index (Phi) is 15.7. The Morgan fingerprint density at radius 3 is 1.39 bits per heavy atom. The van der Waals surface area contributed by atoms with E-state index < -0.39 is 0 Å². The quantitative estimate of drug-likeness (QED) is 0.128. The minimum Gasteiger partial charge on any atom is -0.328 e. The second-order valence-electron chi connectivity index (χ2n) is 11.7. The van der Waals surface area contributed by atoms with Gasteiger partial charge in [-0.1, -0.05) is 95.2 Å². The largest absolute Gasteiger partial charge is 0.328 e. The van der Waals surface area contributed by atoms with Crippen LogP contribution < -0.4 is 0 Å². The lowest BCUT2D eigenvalue weighted by atomic mass is 10.1. The van der Waals surface area contributed by atoms with Crippen LogP contribution in [0.15, 0.2) is 30.8 Å². The van der Waals surface area contributed by atoms with E-state index >= 15 is 0 Å². The molecule has 2 nitrogen and oxygen atoms in total. The van der Waals surface area contributed by atoms with Gasteiger partial charge in [-0.05, 0) is 44.1 Å². The summed E-state index contributed by atoms with van der Waals surface area (Å²) in [6.45, 7) is 11.2. The van der Waals surface area contributed by atoms with Gasteiger partial charge in [0.15, 0.2) is 0 Å². The molecule has 0 unspecified atom stereocenters. The van der Waals surface area contributed by atoms with E-state index in [0.29, 0.717) is 0 Å².